The highest BCUT2D eigenvalue weighted by molar-refractivity contribution is 5.75. The van der Waals surface area contributed by atoms with E-state index in [4.69, 9.17) is 9.47 Å². The molecular weight excluding hydrogens is 477 g/mol. The molecular formula is C31H45F3O3. The topological polar surface area (TPSA) is 35.5 Å². The Bertz CT molecular complexity index is 828. The SMILES string of the molecule is CCCCCC1CCC(C2CCC(COC3CCC(C(=O)Oc4cc(F)c(F)c(F)c4)CC3)CC2)CC1. The number of rotatable bonds is 10. The van der Waals surface area contributed by atoms with Crippen molar-refractivity contribution >= 4 is 5.97 Å². The van der Waals surface area contributed by atoms with E-state index >= 15 is 0 Å². The van der Waals surface area contributed by atoms with Crippen molar-refractivity contribution in [2.24, 2.45) is 29.6 Å². The zero-order valence-electron chi connectivity index (χ0n) is 22.5. The van der Waals surface area contributed by atoms with Gasteiger partial charge in [0.2, 0.25) is 0 Å². The van der Waals surface area contributed by atoms with Crippen LogP contribution in [0.15, 0.2) is 12.1 Å². The second-order valence-corrected chi connectivity index (χ2v) is 12.0. The van der Waals surface area contributed by atoms with Gasteiger partial charge in [-0.2, -0.15) is 0 Å². The number of unbranched alkanes of at least 4 members (excludes halogenated alkanes) is 2. The number of hydrogen-bond acceptors (Lipinski definition) is 3. The summed E-state index contributed by atoms with van der Waals surface area (Å²) in [6, 6.07) is 1.42. The summed E-state index contributed by atoms with van der Waals surface area (Å²) in [6.07, 6.45) is 19.6. The fourth-order valence-electron chi connectivity index (χ4n) is 6.99. The molecule has 0 spiro atoms. The van der Waals surface area contributed by atoms with Crippen molar-refractivity contribution in [3.63, 3.8) is 0 Å². The first-order valence-corrected chi connectivity index (χ1v) is 14.9. The fraction of sp³-hybridized carbons (Fsp3) is 0.774. The van der Waals surface area contributed by atoms with E-state index in [0.717, 1.165) is 37.2 Å². The third-order valence-corrected chi connectivity index (χ3v) is 9.42. The molecule has 1 aromatic carbocycles. The summed E-state index contributed by atoms with van der Waals surface area (Å²) in [5.74, 6) is -1.93. The highest BCUT2D eigenvalue weighted by Crippen LogP contribution is 2.42. The second-order valence-electron chi connectivity index (χ2n) is 12.0. The Hall–Kier alpha value is -1.56. The highest BCUT2D eigenvalue weighted by atomic mass is 19.2. The van der Waals surface area contributed by atoms with E-state index in [0.29, 0.717) is 30.9 Å². The number of benzene rings is 1. The van der Waals surface area contributed by atoms with Gasteiger partial charge in [-0.25, -0.2) is 13.2 Å². The zero-order valence-corrected chi connectivity index (χ0v) is 22.5. The van der Waals surface area contributed by atoms with Crippen LogP contribution in [0.25, 0.3) is 0 Å². The second kappa shape index (κ2) is 14.0. The standard InChI is InChI=1S/C31H45F3O3/c1-2-3-4-5-21-6-10-23(11-7-21)24-12-8-22(9-13-24)20-36-26-16-14-25(15-17-26)31(35)37-27-18-28(32)30(34)29(33)19-27/h18-19,21-26H,2-17,20H2,1H3. The number of esters is 1. The zero-order chi connectivity index (χ0) is 26.2. The highest BCUT2D eigenvalue weighted by Gasteiger charge is 2.32. The molecule has 3 nitrogen and oxygen atoms in total. The third kappa shape index (κ3) is 8.21. The Morgan fingerprint density at radius 3 is 1.92 bits per heavy atom. The summed E-state index contributed by atoms with van der Waals surface area (Å²) in [5, 5.41) is 0. The summed E-state index contributed by atoms with van der Waals surface area (Å²) in [4.78, 5) is 12.4. The van der Waals surface area contributed by atoms with Gasteiger partial charge in [-0.1, -0.05) is 45.4 Å². The molecule has 1 aromatic rings. The third-order valence-electron chi connectivity index (χ3n) is 9.42. The first-order valence-electron chi connectivity index (χ1n) is 14.9. The van der Waals surface area contributed by atoms with Gasteiger partial charge in [0.15, 0.2) is 17.5 Å². The minimum Gasteiger partial charge on any atom is -0.426 e. The van der Waals surface area contributed by atoms with Crippen LogP contribution in [0, 0.1) is 47.0 Å². The fourth-order valence-corrected chi connectivity index (χ4v) is 6.99. The van der Waals surface area contributed by atoms with Crippen molar-refractivity contribution in [2.45, 2.75) is 116 Å². The number of carbonyl (C=O) groups is 1. The Kier molecular flexibility index (Phi) is 10.8. The lowest BCUT2D eigenvalue weighted by Crippen LogP contribution is -2.31. The predicted molar refractivity (Wildman–Crippen MR) is 139 cm³/mol. The Labute approximate surface area is 220 Å². The number of halogens is 3. The quantitative estimate of drug-likeness (QED) is 0.133. The van der Waals surface area contributed by atoms with Gasteiger partial charge in [0.1, 0.15) is 5.75 Å². The molecule has 3 aliphatic rings. The first kappa shape index (κ1) is 28.4. The van der Waals surface area contributed by atoms with Gasteiger partial charge in [0.05, 0.1) is 12.0 Å². The average molecular weight is 523 g/mol. The molecule has 0 radical (unpaired) electrons. The van der Waals surface area contributed by atoms with Crippen molar-refractivity contribution in [1.82, 2.24) is 0 Å². The maximum absolute atomic E-state index is 13.4. The van der Waals surface area contributed by atoms with Crippen molar-refractivity contribution in [2.75, 3.05) is 6.61 Å². The van der Waals surface area contributed by atoms with Crippen molar-refractivity contribution < 1.29 is 27.4 Å². The molecule has 0 heterocycles. The molecule has 0 bridgehead atoms. The van der Waals surface area contributed by atoms with Crippen LogP contribution in [0.4, 0.5) is 13.2 Å². The molecule has 4 rings (SSSR count). The van der Waals surface area contributed by atoms with E-state index in [1.165, 1.54) is 77.0 Å². The molecule has 37 heavy (non-hydrogen) atoms. The van der Waals surface area contributed by atoms with Gasteiger partial charge in [-0.3, -0.25) is 4.79 Å². The van der Waals surface area contributed by atoms with Crippen molar-refractivity contribution in [3.05, 3.63) is 29.6 Å². The predicted octanol–water partition coefficient (Wildman–Crippen LogP) is 8.78. The van der Waals surface area contributed by atoms with Gasteiger partial charge in [-0.15, -0.1) is 0 Å². The molecule has 3 fully saturated rings. The Balaban J connectivity index is 1.09. The molecule has 0 amide bonds. The van der Waals surface area contributed by atoms with Crippen molar-refractivity contribution in [1.29, 1.82) is 0 Å². The van der Waals surface area contributed by atoms with Crippen molar-refractivity contribution in [3.8, 4) is 5.75 Å². The van der Waals surface area contributed by atoms with Crippen LogP contribution in [0.5, 0.6) is 5.75 Å². The minimum atomic E-state index is -1.56. The smallest absolute Gasteiger partial charge is 0.314 e. The maximum atomic E-state index is 13.4. The summed E-state index contributed by atoms with van der Waals surface area (Å²) >= 11 is 0. The Morgan fingerprint density at radius 2 is 1.35 bits per heavy atom. The normalized spacial score (nSPS) is 30.7. The van der Waals surface area contributed by atoms with Crippen LogP contribution in [-0.4, -0.2) is 18.7 Å². The molecule has 0 aromatic heterocycles. The van der Waals surface area contributed by atoms with Gasteiger partial charge in [-0.05, 0) is 87.9 Å². The molecule has 0 aliphatic heterocycles. The van der Waals surface area contributed by atoms with E-state index in [1.54, 1.807) is 0 Å². The molecule has 3 aliphatic carbocycles. The molecule has 3 saturated carbocycles. The molecule has 208 valence electrons. The summed E-state index contributed by atoms with van der Waals surface area (Å²) in [7, 11) is 0. The lowest BCUT2D eigenvalue weighted by Gasteiger charge is -2.38. The number of hydrogen-bond donors (Lipinski definition) is 0. The van der Waals surface area contributed by atoms with Gasteiger partial charge in [0, 0.05) is 18.7 Å². The first-order chi connectivity index (χ1) is 17.9. The minimum absolute atomic E-state index is 0.158. The van der Waals surface area contributed by atoms with Crippen LogP contribution in [0.2, 0.25) is 0 Å². The lowest BCUT2D eigenvalue weighted by molar-refractivity contribution is -0.141. The van der Waals surface area contributed by atoms with Crippen LogP contribution < -0.4 is 4.74 Å². The van der Waals surface area contributed by atoms with E-state index < -0.39 is 23.4 Å². The molecule has 6 heteroatoms. The van der Waals surface area contributed by atoms with Crippen LogP contribution in [0.3, 0.4) is 0 Å². The van der Waals surface area contributed by atoms with Gasteiger partial charge >= 0.3 is 5.97 Å². The average Bonchev–Trinajstić information content (AvgIpc) is 2.91. The summed E-state index contributed by atoms with van der Waals surface area (Å²) in [5.41, 5.74) is 0. The van der Waals surface area contributed by atoms with Gasteiger partial charge in [0.25, 0.3) is 0 Å². The van der Waals surface area contributed by atoms with Gasteiger partial charge < -0.3 is 9.47 Å². The van der Waals surface area contributed by atoms with E-state index in [9.17, 15) is 18.0 Å². The Morgan fingerprint density at radius 1 is 0.784 bits per heavy atom. The largest absolute Gasteiger partial charge is 0.426 e. The number of ether oxygens (including phenoxy) is 2. The van der Waals surface area contributed by atoms with Crippen LogP contribution in [0.1, 0.15) is 110 Å². The maximum Gasteiger partial charge on any atom is 0.314 e. The summed E-state index contributed by atoms with van der Waals surface area (Å²) in [6.45, 7) is 3.10. The van der Waals surface area contributed by atoms with Crippen LogP contribution in [-0.2, 0) is 9.53 Å². The molecule has 0 unspecified atom stereocenters. The monoisotopic (exact) mass is 522 g/mol. The number of carbonyl (C=O) groups excluding carboxylic acids is 1. The summed E-state index contributed by atoms with van der Waals surface area (Å²) < 4.78 is 51.2. The molecule has 0 N–H and O–H groups in total. The lowest BCUT2D eigenvalue weighted by atomic mass is 9.69. The van der Waals surface area contributed by atoms with E-state index in [1.807, 2.05) is 0 Å². The van der Waals surface area contributed by atoms with E-state index in [2.05, 4.69) is 6.92 Å². The van der Waals surface area contributed by atoms with E-state index in [-0.39, 0.29) is 17.8 Å². The molecule has 0 atom stereocenters. The van der Waals surface area contributed by atoms with Crippen LogP contribution >= 0.6 is 0 Å². The molecule has 0 saturated heterocycles.